The molecular weight excluding hydrogens is 360 g/mol. The molecule has 2 aromatic carbocycles. The van der Waals surface area contributed by atoms with Gasteiger partial charge in [-0.15, -0.1) is 0 Å². The van der Waals surface area contributed by atoms with Crippen molar-refractivity contribution in [3.8, 4) is 5.75 Å². The molecule has 0 fully saturated rings. The highest BCUT2D eigenvalue weighted by Gasteiger charge is 2.02. The number of benzene rings is 2. The SMILES string of the molecule is CNc1ccc(SN)c(OC)c1.O=Cc1cccc(CNCC(F)F)c1. The lowest BCUT2D eigenvalue weighted by atomic mass is 10.1. The Morgan fingerprint density at radius 3 is 2.62 bits per heavy atom. The number of nitrogens with one attached hydrogen (secondary N) is 2. The lowest BCUT2D eigenvalue weighted by Crippen LogP contribution is -2.20. The average molecular weight is 383 g/mol. The highest BCUT2D eigenvalue weighted by Crippen LogP contribution is 2.28. The van der Waals surface area contributed by atoms with Crippen LogP contribution in [0.1, 0.15) is 15.9 Å². The second-order valence-corrected chi connectivity index (χ2v) is 5.79. The average Bonchev–Trinajstić information content (AvgIpc) is 2.67. The van der Waals surface area contributed by atoms with E-state index in [9.17, 15) is 13.6 Å². The second kappa shape index (κ2) is 12.2. The smallest absolute Gasteiger partial charge is 0.250 e. The molecular formula is C18H23F2N3O2S. The minimum Gasteiger partial charge on any atom is -0.495 e. The van der Waals surface area contributed by atoms with Crippen molar-refractivity contribution in [3.63, 3.8) is 0 Å². The first kappa shape index (κ1) is 21.9. The Labute approximate surface area is 156 Å². The molecule has 0 aliphatic carbocycles. The van der Waals surface area contributed by atoms with Gasteiger partial charge in [0.1, 0.15) is 12.0 Å². The van der Waals surface area contributed by atoms with E-state index < -0.39 is 6.43 Å². The third-order valence-corrected chi connectivity index (χ3v) is 3.89. The minimum absolute atomic E-state index is 0.328. The molecule has 4 N–H and O–H groups in total. The maximum atomic E-state index is 11.8. The van der Waals surface area contributed by atoms with Crippen molar-refractivity contribution in [2.75, 3.05) is 26.0 Å². The number of hydrogen-bond acceptors (Lipinski definition) is 6. The molecule has 0 amide bonds. The standard InChI is InChI=1S/C10H11F2NO.C8H12N2OS/c11-10(12)6-13-5-8-2-1-3-9(4-8)7-14;1-10-6-3-4-8(12-9)7(5-6)11-2/h1-4,7,10,13H,5-6H2;3-5,10H,9H2,1-2H3. The van der Waals surface area contributed by atoms with Crippen LogP contribution in [0.4, 0.5) is 14.5 Å². The number of nitrogens with two attached hydrogens (primary N) is 1. The van der Waals surface area contributed by atoms with Gasteiger partial charge in [0.25, 0.3) is 6.43 Å². The molecule has 0 saturated heterocycles. The summed E-state index contributed by atoms with van der Waals surface area (Å²) in [7, 11) is 3.50. The number of halogens is 2. The summed E-state index contributed by atoms with van der Waals surface area (Å²) < 4.78 is 28.7. The van der Waals surface area contributed by atoms with Crippen LogP contribution in [0, 0.1) is 0 Å². The molecule has 2 aromatic rings. The normalized spacial score (nSPS) is 10.1. The zero-order valence-electron chi connectivity index (χ0n) is 14.7. The fraction of sp³-hybridized carbons (Fsp3) is 0.278. The molecule has 0 heterocycles. The van der Waals surface area contributed by atoms with Crippen LogP contribution >= 0.6 is 11.9 Å². The predicted molar refractivity (Wildman–Crippen MR) is 102 cm³/mol. The first-order valence-electron chi connectivity index (χ1n) is 7.79. The minimum atomic E-state index is -2.34. The first-order valence-corrected chi connectivity index (χ1v) is 8.67. The van der Waals surface area contributed by atoms with Crippen LogP contribution < -0.4 is 20.5 Å². The van der Waals surface area contributed by atoms with E-state index in [4.69, 9.17) is 9.88 Å². The molecule has 0 unspecified atom stereocenters. The van der Waals surface area contributed by atoms with E-state index in [0.29, 0.717) is 12.1 Å². The molecule has 0 atom stereocenters. The monoisotopic (exact) mass is 383 g/mol. The van der Waals surface area contributed by atoms with Crippen LogP contribution in [-0.4, -0.2) is 33.4 Å². The van der Waals surface area contributed by atoms with Crippen molar-refractivity contribution in [1.29, 1.82) is 0 Å². The number of carbonyl (C=O) groups is 1. The van der Waals surface area contributed by atoms with E-state index in [1.54, 1.807) is 31.4 Å². The zero-order valence-corrected chi connectivity index (χ0v) is 15.5. The number of anilines is 1. The third kappa shape index (κ3) is 7.81. The maximum absolute atomic E-state index is 11.8. The van der Waals surface area contributed by atoms with E-state index in [1.807, 2.05) is 25.2 Å². The summed E-state index contributed by atoms with van der Waals surface area (Å²) in [6.45, 7) is 0.0251. The first-order chi connectivity index (χ1) is 12.5. The molecule has 2 rings (SSSR count). The molecule has 8 heteroatoms. The highest BCUT2D eigenvalue weighted by atomic mass is 32.2. The van der Waals surface area contributed by atoms with Crippen molar-refractivity contribution in [2.24, 2.45) is 5.14 Å². The Balaban J connectivity index is 0.000000263. The molecule has 0 bridgehead atoms. The van der Waals surface area contributed by atoms with Crippen molar-refractivity contribution < 1.29 is 18.3 Å². The lowest BCUT2D eigenvalue weighted by Gasteiger charge is -2.07. The van der Waals surface area contributed by atoms with E-state index in [0.717, 1.165) is 28.2 Å². The van der Waals surface area contributed by atoms with Gasteiger partial charge in [-0.05, 0) is 35.7 Å². The van der Waals surface area contributed by atoms with Gasteiger partial charge in [0.15, 0.2) is 0 Å². The quantitative estimate of drug-likeness (QED) is 0.478. The maximum Gasteiger partial charge on any atom is 0.250 e. The largest absolute Gasteiger partial charge is 0.495 e. The van der Waals surface area contributed by atoms with Crippen LogP contribution in [0.3, 0.4) is 0 Å². The summed E-state index contributed by atoms with van der Waals surface area (Å²) in [6, 6.07) is 12.6. The Hall–Kier alpha value is -2.16. The van der Waals surface area contributed by atoms with Gasteiger partial charge in [0.2, 0.25) is 0 Å². The molecule has 0 radical (unpaired) electrons. The Kier molecular flexibility index (Phi) is 10.3. The third-order valence-electron chi connectivity index (χ3n) is 3.29. The number of rotatable bonds is 8. The van der Waals surface area contributed by atoms with Crippen molar-refractivity contribution in [1.82, 2.24) is 5.32 Å². The number of carbonyl (C=O) groups excluding carboxylic acids is 1. The fourth-order valence-electron chi connectivity index (χ4n) is 2.02. The summed E-state index contributed by atoms with van der Waals surface area (Å²) >= 11 is 1.19. The number of methoxy groups -OCH3 is 1. The molecule has 0 aliphatic heterocycles. The van der Waals surface area contributed by atoms with E-state index in [-0.39, 0.29) is 6.54 Å². The Bertz CT molecular complexity index is 687. The number of hydrogen-bond donors (Lipinski definition) is 3. The van der Waals surface area contributed by atoms with Crippen molar-refractivity contribution >= 4 is 23.9 Å². The van der Waals surface area contributed by atoms with Gasteiger partial charge < -0.3 is 15.4 Å². The fourth-order valence-corrected chi connectivity index (χ4v) is 2.43. The Morgan fingerprint density at radius 1 is 1.27 bits per heavy atom. The zero-order chi connectivity index (χ0) is 19.4. The molecule has 5 nitrogen and oxygen atoms in total. The van der Waals surface area contributed by atoms with Crippen LogP contribution in [0.2, 0.25) is 0 Å². The van der Waals surface area contributed by atoms with Gasteiger partial charge in [0, 0.05) is 30.9 Å². The highest BCUT2D eigenvalue weighted by molar-refractivity contribution is 7.97. The molecule has 142 valence electrons. The number of aldehydes is 1. The van der Waals surface area contributed by atoms with Gasteiger partial charge in [-0.25, -0.2) is 8.78 Å². The van der Waals surface area contributed by atoms with E-state index in [1.165, 1.54) is 11.9 Å². The van der Waals surface area contributed by atoms with Gasteiger partial charge >= 0.3 is 0 Å². The summed E-state index contributed by atoms with van der Waals surface area (Å²) in [6.07, 6.45) is -1.61. The predicted octanol–water partition coefficient (Wildman–Crippen LogP) is 3.56. The molecule has 0 aliphatic rings. The van der Waals surface area contributed by atoms with Gasteiger partial charge in [-0.3, -0.25) is 9.93 Å². The summed E-state index contributed by atoms with van der Waals surface area (Å²) in [5.74, 6) is 0.800. The number of alkyl halides is 2. The van der Waals surface area contributed by atoms with E-state index in [2.05, 4.69) is 10.6 Å². The van der Waals surface area contributed by atoms with Crippen LogP contribution in [-0.2, 0) is 6.54 Å². The second-order valence-electron chi connectivity index (χ2n) is 5.12. The molecule has 26 heavy (non-hydrogen) atoms. The molecule has 0 aromatic heterocycles. The molecule has 0 saturated carbocycles. The summed E-state index contributed by atoms with van der Waals surface area (Å²) in [5, 5.41) is 11.0. The lowest BCUT2D eigenvalue weighted by molar-refractivity contribution is 0.112. The van der Waals surface area contributed by atoms with E-state index >= 15 is 0 Å². The van der Waals surface area contributed by atoms with Gasteiger partial charge in [-0.2, -0.15) is 0 Å². The molecule has 0 spiro atoms. The topological polar surface area (TPSA) is 76.4 Å². The summed E-state index contributed by atoms with van der Waals surface area (Å²) in [4.78, 5) is 11.3. The van der Waals surface area contributed by atoms with Gasteiger partial charge in [0.05, 0.1) is 18.6 Å². The van der Waals surface area contributed by atoms with Gasteiger partial charge in [-0.1, -0.05) is 18.2 Å². The van der Waals surface area contributed by atoms with Crippen LogP contribution in [0.5, 0.6) is 5.75 Å². The van der Waals surface area contributed by atoms with Crippen LogP contribution in [0.25, 0.3) is 0 Å². The Morgan fingerprint density at radius 2 is 2.04 bits per heavy atom. The summed E-state index contributed by atoms with van der Waals surface area (Å²) in [5.41, 5.74) is 2.40. The van der Waals surface area contributed by atoms with Crippen molar-refractivity contribution in [3.05, 3.63) is 53.6 Å². The van der Waals surface area contributed by atoms with Crippen LogP contribution in [0.15, 0.2) is 47.4 Å². The number of ether oxygens (including phenoxy) is 1. The van der Waals surface area contributed by atoms with Crippen molar-refractivity contribution in [2.45, 2.75) is 17.9 Å².